The maximum absolute atomic E-state index is 13.9. The summed E-state index contributed by atoms with van der Waals surface area (Å²) in [6.07, 6.45) is 0. The number of methoxy groups -OCH3 is 2. The van der Waals surface area contributed by atoms with Gasteiger partial charge in [0.05, 0.1) is 31.3 Å². The van der Waals surface area contributed by atoms with Crippen LogP contribution in [0.3, 0.4) is 0 Å². The van der Waals surface area contributed by atoms with Gasteiger partial charge in [-0.25, -0.2) is 0 Å². The van der Waals surface area contributed by atoms with Crippen molar-refractivity contribution < 1.29 is 19.0 Å². The number of aromatic amines is 2. The normalized spacial score (nSPS) is 12.5. The van der Waals surface area contributed by atoms with Gasteiger partial charge in [0.2, 0.25) is 11.8 Å². The van der Waals surface area contributed by atoms with Gasteiger partial charge in [-0.15, -0.1) is 0 Å². The third-order valence-corrected chi connectivity index (χ3v) is 6.35. The van der Waals surface area contributed by atoms with Crippen LogP contribution in [0.2, 0.25) is 0 Å². The van der Waals surface area contributed by atoms with Crippen LogP contribution in [-0.2, 0) is 13.1 Å². The van der Waals surface area contributed by atoms with E-state index in [9.17, 15) is 14.4 Å². The molecule has 0 saturated carbocycles. The summed E-state index contributed by atoms with van der Waals surface area (Å²) < 4.78 is 20.1. The average Bonchev–Trinajstić information content (AvgIpc) is 2.82. The van der Waals surface area contributed by atoms with Crippen LogP contribution in [0.4, 0.5) is 0 Å². The lowest BCUT2D eigenvalue weighted by Crippen LogP contribution is -2.36. The van der Waals surface area contributed by atoms with Crippen molar-refractivity contribution in [1.29, 1.82) is 0 Å². The first-order valence-electron chi connectivity index (χ1n) is 10.4. The predicted octanol–water partition coefficient (Wildman–Crippen LogP) is 3.30. The van der Waals surface area contributed by atoms with Crippen molar-refractivity contribution >= 4 is 30.2 Å². The zero-order valence-corrected chi connectivity index (χ0v) is 20.5. The lowest BCUT2D eigenvalue weighted by molar-refractivity contribution is 0.0965. The maximum atomic E-state index is 13.9. The smallest absolute Gasteiger partial charge is 0.259 e. The summed E-state index contributed by atoms with van der Waals surface area (Å²) in [5.74, 6) is -0.803. The lowest BCUT2D eigenvalue weighted by atomic mass is 9.85. The highest BCUT2D eigenvalue weighted by molar-refractivity contribution is 7.71. The molecule has 0 radical (unpaired) electrons. The van der Waals surface area contributed by atoms with E-state index >= 15 is 0 Å². The number of aromatic nitrogens is 4. The van der Waals surface area contributed by atoms with E-state index in [4.69, 9.17) is 38.6 Å². The fraction of sp³-hybridized carbons (Fsp3) is 0.318. The summed E-state index contributed by atoms with van der Waals surface area (Å²) in [6, 6.07) is 4.63. The van der Waals surface area contributed by atoms with E-state index in [0.29, 0.717) is 24.6 Å². The maximum Gasteiger partial charge on any atom is 0.259 e. The molecule has 178 valence electrons. The van der Waals surface area contributed by atoms with Crippen LogP contribution in [0.1, 0.15) is 41.3 Å². The molecule has 0 atom stereocenters. The second kappa shape index (κ2) is 9.03. The lowest BCUT2D eigenvalue weighted by Gasteiger charge is -2.29. The monoisotopic (exact) mass is 502 g/mol. The molecular formula is C22H22N4O6S2. The van der Waals surface area contributed by atoms with Gasteiger partial charge in [0, 0.05) is 18.7 Å². The van der Waals surface area contributed by atoms with Gasteiger partial charge in [-0.2, -0.15) is 0 Å². The minimum atomic E-state index is -1.27. The Morgan fingerprint density at radius 2 is 1.44 bits per heavy atom. The molecule has 4 rings (SSSR count). The van der Waals surface area contributed by atoms with E-state index < -0.39 is 22.8 Å². The molecule has 1 aliphatic rings. The van der Waals surface area contributed by atoms with E-state index in [2.05, 4.69) is 9.97 Å². The van der Waals surface area contributed by atoms with Gasteiger partial charge in [0.25, 0.3) is 11.1 Å². The molecule has 10 nitrogen and oxygen atoms in total. The fourth-order valence-electron chi connectivity index (χ4n) is 4.09. The first kappa shape index (κ1) is 23.6. The van der Waals surface area contributed by atoms with Crippen LogP contribution >= 0.6 is 24.4 Å². The number of fused-ring (bicyclic) bond motifs is 2. The molecular weight excluding hydrogens is 480 g/mol. The van der Waals surface area contributed by atoms with Crippen LogP contribution < -0.4 is 25.3 Å². The van der Waals surface area contributed by atoms with E-state index in [1.54, 1.807) is 21.3 Å². The molecule has 0 unspecified atom stereocenters. The molecule has 34 heavy (non-hydrogen) atoms. The van der Waals surface area contributed by atoms with Crippen molar-refractivity contribution in [2.75, 3.05) is 14.2 Å². The molecule has 0 saturated heterocycles. The highest BCUT2D eigenvalue weighted by Crippen LogP contribution is 2.43. The summed E-state index contributed by atoms with van der Waals surface area (Å²) in [6.45, 7) is 4.37. The Morgan fingerprint density at radius 1 is 0.941 bits per heavy atom. The molecule has 0 fully saturated rings. The molecule has 2 aromatic heterocycles. The van der Waals surface area contributed by atoms with Crippen LogP contribution in [-0.4, -0.2) is 39.1 Å². The summed E-state index contributed by atoms with van der Waals surface area (Å²) in [4.78, 5) is 45.3. The highest BCUT2D eigenvalue weighted by Gasteiger charge is 2.41. The van der Waals surface area contributed by atoms with Crippen molar-refractivity contribution in [3.63, 3.8) is 0 Å². The van der Waals surface area contributed by atoms with Crippen LogP contribution in [0.5, 0.6) is 23.3 Å². The summed E-state index contributed by atoms with van der Waals surface area (Å²) in [5, 5.41) is 0. The number of Topliss-reactive ketones (excluding diaryl/α,β-unsaturated/α-hetero) is 1. The first-order chi connectivity index (χ1) is 16.3. The van der Waals surface area contributed by atoms with Crippen molar-refractivity contribution in [3.05, 3.63) is 65.1 Å². The zero-order valence-electron chi connectivity index (χ0n) is 18.9. The van der Waals surface area contributed by atoms with Gasteiger partial charge in [0.1, 0.15) is 0 Å². The number of hydrogen-bond donors (Lipinski definition) is 2. The van der Waals surface area contributed by atoms with Crippen molar-refractivity contribution in [2.45, 2.75) is 32.9 Å². The van der Waals surface area contributed by atoms with Gasteiger partial charge >= 0.3 is 0 Å². The third-order valence-electron chi connectivity index (χ3n) is 5.71. The molecule has 3 heterocycles. The Labute approximate surface area is 203 Å². The molecule has 0 aliphatic carbocycles. The molecule has 3 aromatic rings. The number of benzene rings is 1. The molecule has 1 aliphatic heterocycles. The Balaban J connectivity index is 2.09. The minimum absolute atomic E-state index is 0.00648. The molecule has 1 aromatic carbocycles. The van der Waals surface area contributed by atoms with Crippen LogP contribution in [0.25, 0.3) is 0 Å². The van der Waals surface area contributed by atoms with Gasteiger partial charge in [-0.1, -0.05) is 0 Å². The summed E-state index contributed by atoms with van der Waals surface area (Å²) in [5.41, 5.74) is -1.02. The Hall–Kier alpha value is -3.51. The van der Waals surface area contributed by atoms with Crippen molar-refractivity contribution in [3.8, 4) is 23.3 Å². The number of nitrogens with one attached hydrogen (secondary N) is 2. The number of H-pyrrole nitrogens is 2. The van der Waals surface area contributed by atoms with Gasteiger partial charge in [0.15, 0.2) is 26.8 Å². The molecule has 0 bridgehead atoms. The highest BCUT2D eigenvalue weighted by atomic mass is 32.1. The Bertz CT molecular complexity index is 1470. The van der Waals surface area contributed by atoms with E-state index in [1.807, 2.05) is 13.8 Å². The molecule has 12 heteroatoms. The summed E-state index contributed by atoms with van der Waals surface area (Å²) >= 11 is 10.6. The van der Waals surface area contributed by atoms with Crippen molar-refractivity contribution in [1.82, 2.24) is 19.1 Å². The third kappa shape index (κ3) is 3.59. The standard InChI is InChI=1S/C22H22N4O6S2/c1-5-25-19-14(17(28)23-21(25)33)13(15-18(29)24-22(34)26(6-2)20(15)32-19)16(27)10-7-8-11(30-3)12(9-10)31-4/h7-9,13H,5-6H2,1-4H3,(H,23,28,33)(H,24,29,34). The Kier molecular flexibility index (Phi) is 6.28. The zero-order chi connectivity index (χ0) is 24.7. The number of ether oxygens (including phenoxy) is 3. The number of carbonyl (C=O) groups excluding carboxylic acids is 1. The number of hydrogen-bond acceptors (Lipinski definition) is 8. The summed E-state index contributed by atoms with van der Waals surface area (Å²) in [7, 11) is 2.93. The topological polar surface area (TPSA) is 120 Å². The minimum Gasteiger partial charge on any atom is -0.493 e. The second-order valence-corrected chi connectivity index (χ2v) is 8.19. The van der Waals surface area contributed by atoms with Crippen molar-refractivity contribution in [2.24, 2.45) is 0 Å². The van der Waals surface area contributed by atoms with Crippen LogP contribution in [0, 0.1) is 9.54 Å². The number of carbonyl (C=O) groups is 1. The largest absolute Gasteiger partial charge is 0.493 e. The Morgan fingerprint density at radius 3 is 1.88 bits per heavy atom. The van der Waals surface area contributed by atoms with Gasteiger partial charge < -0.3 is 14.2 Å². The quantitative estimate of drug-likeness (QED) is 0.389. The number of rotatable bonds is 6. The molecule has 2 N–H and O–H groups in total. The van der Waals surface area contributed by atoms with Gasteiger partial charge in [-0.3, -0.25) is 33.5 Å². The first-order valence-corrected chi connectivity index (χ1v) is 11.3. The van der Waals surface area contributed by atoms with E-state index in [0.717, 1.165) is 0 Å². The number of nitrogens with zero attached hydrogens (tertiary/aromatic N) is 2. The molecule has 0 amide bonds. The SMILES string of the molecule is CCn1c2c(c(=O)[nH]c1=S)C(C(=O)c1ccc(OC)c(OC)c1)c1c(n(CC)c(=S)[nH]c1=O)O2. The molecule has 0 spiro atoms. The average molecular weight is 503 g/mol. The van der Waals surface area contributed by atoms with E-state index in [1.165, 1.54) is 20.3 Å². The predicted molar refractivity (Wildman–Crippen MR) is 129 cm³/mol. The number of ketones is 1. The second-order valence-electron chi connectivity index (χ2n) is 7.41. The van der Waals surface area contributed by atoms with Crippen LogP contribution in [0.15, 0.2) is 27.8 Å². The fourth-order valence-corrected chi connectivity index (χ4v) is 4.70. The van der Waals surface area contributed by atoms with E-state index in [-0.39, 0.29) is 38.0 Å². The van der Waals surface area contributed by atoms with Gasteiger partial charge in [-0.05, 0) is 56.5 Å².